The lowest BCUT2D eigenvalue weighted by Gasteiger charge is -2.44. The molecule has 0 saturated heterocycles. The number of benzene rings is 6. The fraction of sp³-hybridized carbons (Fsp3) is 0.0714. The molecule has 352 valence electrons. The van der Waals surface area contributed by atoms with E-state index in [1.165, 1.54) is 6.92 Å². The van der Waals surface area contributed by atoms with Crippen molar-refractivity contribution in [3.63, 3.8) is 0 Å². The molecule has 0 N–H and O–H groups in total. The third-order valence-corrected chi connectivity index (χ3v) is 10.9. The molecule has 1 atom stereocenters. The topological polar surface area (TPSA) is 43.4 Å². The molecule has 0 aliphatic carbocycles. The SMILES string of the molecule is CC(=O)Oc1ccc(C[S+](C)(=O)C#Cc2ccccc2)cc1.Fc1c(F)c(F)c([B-](c2c(F)c(F)c(F)c(F)c2F)(c2c(F)c(F)c(F)c(F)c2F)c2c(F)c(F)c(F)c(F)c2F)c(F)c1F. The van der Waals surface area contributed by atoms with E-state index in [1.54, 1.807) is 30.5 Å². The van der Waals surface area contributed by atoms with Crippen LogP contribution in [-0.4, -0.2) is 18.4 Å². The summed E-state index contributed by atoms with van der Waals surface area (Å²) < 4.78 is 311. The lowest BCUT2D eigenvalue weighted by Crippen LogP contribution is -2.81. The molecule has 67 heavy (non-hydrogen) atoms. The first-order chi connectivity index (χ1) is 31.1. The van der Waals surface area contributed by atoms with Gasteiger partial charge < -0.3 is 4.74 Å². The van der Waals surface area contributed by atoms with E-state index in [0.29, 0.717) is 11.5 Å². The van der Waals surface area contributed by atoms with Gasteiger partial charge in [-0.3, -0.25) is 4.79 Å². The van der Waals surface area contributed by atoms with E-state index in [4.69, 9.17) is 4.74 Å². The Balaban J connectivity index is 0.000000319. The summed E-state index contributed by atoms with van der Waals surface area (Å²) in [6, 6.07) is 16.5. The van der Waals surface area contributed by atoms with Crippen LogP contribution in [-0.2, 0) is 24.7 Å². The minimum absolute atomic E-state index is 0.360. The van der Waals surface area contributed by atoms with Crippen molar-refractivity contribution >= 4 is 43.9 Å². The lowest BCUT2D eigenvalue weighted by atomic mass is 9.12. The van der Waals surface area contributed by atoms with Gasteiger partial charge in [0.2, 0.25) is 0 Å². The van der Waals surface area contributed by atoms with Gasteiger partial charge in [0.05, 0.1) is 0 Å². The molecule has 0 aliphatic heterocycles. The van der Waals surface area contributed by atoms with Crippen LogP contribution in [0.1, 0.15) is 18.1 Å². The van der Waals surface area contributed by atoms with Gasteiger partial charge in [0.25, 0.3) is 0 Å². The second-order valence-electron chi connectivity index (χ2n) is 13.8. The molecular formula is C42H17BF20O3S. The summed E-state index contributed by atoms with van der Waals surface area (Å²) in [7, 11) is -2.29. The molecule has 0 fully saturated rings. The average molecular weight is 992 g/mol. The summed E-state index contributed by atoms with van der Waals surface area (Å²) in [5, 5.41) is 2.86. The third kappa shape index (κ3) is 9.05. The number of hydrogen-bond donors (Lipinski definition) is 0. The Morgan fingerprint density at radius 2 is 0.716 bits per heavy atom. The summed E-state index contributed by atoms with van der Waals surface area (Å²) >= 11 is 0. The Bertz CT molecular complexity index is 2720. The summed E-state index contributed by atoms with van der Waals surface area (Å²) in [4.78, 5) is 10.9. The quantitative estimate of drug-likeness (QED) is 0.0235. The minimum Gasteiger partial charge on any atom is -0.427 e. The van der Waals surface area contributed by atoms with Crippen LogP contribution in [0.3, 0.4) is 0 Å². The number of ether oxygens (including phenoxy) is 1. The predicted octanol–water partition coefficient (Wildman–Crippen LogP) is 9.10. The van der Waals surface area contributed by atoms with Crippen molar-refractivity contribution in [1.82, 2.24) is 0 Å². The molecular weight excluding hydrogens is 975 g/mol. The molecule has 0 aromatic heterocycles. The van der Waals surface area contributed by atoms with E-state index in [-0.39, 0.29) is 5.97 Å². The van der Waals surface area contributed by atoms with Gasteiger partial charge in [0, 0.05) is 18.1 Å². The monoisotopic (exact) mass is 992 g/mol. The highest BCUT2D eigenvalue weighted by Gasteiger charge is 2.52. The van der Waals surface area contributed by atoms with Crippen LogP contribution >= 0.6 is 0 Å². The van der Waals surface area contributed by atoms with Gasteiger partial charge in [-0.15, -0.1) is 21.9 Å². The maximum atomic E-state index is 15.4. The van der Waals surface area contributed by atoms with E-state index in [9.17, 15) is 61.7 Å². The predicted molar refractivity (Wildman–Crippen MR) is 198 cm³/mol. The van der Waals surface area contributed by atoms with Crippen molar-refractivity contribution in [2.45, 2.75) is 12.7 Å². The van der Waals surface area contributed by atoms with E-state index in [1.807, 2.05) is 30.3 Å². The highest BCUT2D eigenvalue weighted by Crippen LogP contribution is 2.31. The first-order valence-electron chi connectivity index (χ1n) is 17.7. The Hall–Kier alpha value is -6.84. The van der Waals surface area contributed by atoms with Gasteiger partial charge in [0.15, 0.2) is 85.0 Å². The summed E-state index contributed by atoms with van der Waals surface area (Å²) in [6.07, 6.45) is -5.56. The van der Waals surface area contributed by atoms with Crippen LogP contribution in [0.25, 0.3) is 0 Å². The molecule has 1 unspecified atom stereocenters. The lowest BCUT2D eigenvalue weighted by molar-refractivity contribution is -0.131. The van der Waals surface area contributed by atoms with Crippen molar-refractivity contribution in [2.75, 3.05) is 6.26 Å². The molecule has 6 aromatic carbocycles. The first-order valence-corrected chi connectivity index (χ1v) is 19.8. The van der Waals surface area contributed by atoms with Crippen LogP contribution in [0.4, 0.5) is 87.8 Å². The van der Waals surface area contributed by atoms with Crippen molar-refractivity contribution in [1.29, 1.82) is 0 Å². The summed E-state index contributed by atoms with van der Waals surface area (Å²) in [5.41, 5.74) is -12.6. The normalized spacial score (nSPS) is 12.2. The Morgan fingerprint density at radius 1 is 0.448 bits per heavy atom. The molecule has 0 amide bonds. The maximum absolute atomic E-state index is 15.4. The number of esters is 1. The van der Waals surface area contributed by atoms with E-state index >= 15 is 35.1 Å². The van der Waals surface area contributed by atoms with Crippen molar-refractivity contribution in [2.24, 2.45) is 0 Å². The summed E-state index contributed by atoms with van der Waals surface area (Å²) in [5.74, 6) is -68.0. The van der Waals surface area contributed by atoms with Crippen molar-refractivity contribution in [3.05, 3.63) is 182 Å². The maximum Gasteiger partial charge on any atom is 0.308 e. The molecule has 25 heteroatoms. The zero-order valence-corrected chi connectivity index (χ0v) is 33.5. The van der Waals surface area contributed by atoms with Crippen LogP contribution in [0.15, 0.2) is 54.6 Å². The number of halogens is 20. The van der Waals surface area contributed by atoms with Crippen LogP contribution in [0, 0.1) is 128 Å². The Morgan fingerprint density at radius 3 is 0.985 bits per heavy atom. The molecule has 3 nitrogen and oxygen atoms in total. The smallest absolute Gasteiger partial charge is 0.308 e. The van der Waals surface area contributed by atoms with E-state index in [2.05, 4.69) is 11.2 Å². The number of carbonyl (C=O) groups excluding carboxylic acids is 1. The summed E-state index contributed by atoms with van der Waals surface area (Å²) in [6.45, 7) is 1.35. The van der Waals surface area contributed by atoms with E-state index in [0.717, 1.165) is 11.1 Å². The largest absolute Gasteiger partial charge is 0.427 e. The van der Waals surface area contributed by atoms with Crippen LogP contribution in [0.5, 0.6) is 5.75 Å². The number of carbonyl (C=O) groups is 1. The number of rotatable bonds is 7. The van der Waals surface area contributed by atoms with Gasteiger partial charge in [-0.25, -0.2) is 87.8 Å². The van der Waals surface area contributed by atoms with Gasteiger partial charge in [0.1, 0.15) is 70.4 Å². The van der Waals surface area contributed by atoms with Crippen molar-refractivity contribution < 1.29 is 102 Å². The molecule has 0 aliphatic rings. The van der Waals surface area contributed by atoms with Crippen molar-refractivity contribution in [3.8, 4) is 16.9 Å². The molecule has 0 radical (unpaired) electrons. The van der Waals surface area contributed by atoms with Gasteiger partial charge in [-0.2, -0.15) is 0 Å². The fourth-order valence-electron chi connectivity index (χ4n) is 6.74. The van der Waals surface area contributed by atoms with E-state index < -0.39 is 154 Å². The number of hydrogen-bond acceptors (Lipinski definition) is 3. The molecule has 6 aromatic rings. The van der Waals surface area contributed by atoms with Gasteiger partial charge in [-0.05, 0) is 30.2 Å². The molecule has 0 saturated carbocycles. The second-order valence-corrected chi connectivity index (χ2v) is 16.3. The molecule has 0 spiro atoms. The zero-order valence-electron chi connectivity index (χ0n) is 32.7. The highest BCUT2D eigenvalue weighted by atomic mass is 32.2. The van der Waals surface area contributed by atoms with Gasteiger partial charge >= 0.3 is 5.97 Å². The van der Waals surface area contributed by atoms with Gasteiger partial charge in [-0.1, -0.05) is 34.5 Å². The van der Waals surface area contributed by atoms with Crippen LogP contribution < -0.4 is 26.6 Å². The third-order valence-electron chi connectivity index (χ3n) is 9.52. The molecule has 6 rings (SSSR count). The fourth-order valence-corrected chi connectivity index (χ4v) is 7.97. The highest BCUT2D eigenvalue weighted by molar-refractivity contribution is 8.05. The molecule has 0 bridgehead atoms. The first kappa shape index (κ1) is 51.2. The van der Waals surface area contributed by atoms with Crippen LogP contribution in [0.2, 0.25) is 0 Å². The Kier molecular flexibility index (Phi) is 14.6. The minimum atomic E-state index is -7.22. The molecule has 0 heterocycles. The average Bonchev–Trinajstić information content (AvgIpc) is 3.29. The zero-order chi connectivity index (χ0) is 50.4. The Labute approximate surface area is 362 Å². The second kappa shape index (κ2) is 19.2. The standard InChI is InChI=1S/C24BF20.C18H17O3S/c26-5-1(6(27)14(35)21(42)13(5)34)25(2-7(28)15(36)22(43)16(37)8(2)29,3-9(30)17(38)23(44)18(39)10(3)31)4-11(32)19(40)24(45)20(41)12(4)33;1-15(19)21-18-10-8-17(9-11-18)14-22(2,20)13-12-16-6-4-3-5-7-16/h;3-11H,14H2,1-2H3/q-1;+1.